The molecule has 4 heteroatoms. The molecule has 0 aliphatic rings. The second-order valence-electron chi connectivity index (χ2n) is 4.10. The van der Waals surface area contributed by atoms with Crippen LogP contribution in [0.3, 0.4) is 0 Å². The van der Waals surface area contributed by atoms with Crippen molar-refractivity contribution in [1.29, 1.82) is 0 Å². The topological polar surface area (TPSA) is 46.2 Å². The minimum absolute atomic E-state index is 0.114. The van der Waals surface area contributed by atoms with Gasteiger partial charge in [0.05, 0.1) is 0 Å². The molecule has 0 bridgehead atoms. The lowest BCUT2D eigenvalue weighted by Crippen LogP contribution is -2.26. The molecular formula is C12H17Cl2NO. The van der Waals surface area contributed by atoms with Gasteiger partial charge >= 0.3 is 0 Å². The first-order valence-electron chi connectivity index (χ1n) is 5.33. The highest BCUT2D eigenvalue weighted by atomic mass is 35.5. The zero-order chi connectivity index (χ0) is 12.1. The van der Waals surface area contributed by atoms with Gasteiger partial charge in [0, 0.05) is 16.7 Å². The fourth-order valence-electron chi connectivity index (χ4n) is 1.69. The van der Waals surface area contributed by atoms with Crippen molar-refractivity contribution in [2.75, 3.05) is 13.2 Å². The van der Waals surface area contributed by atoms with Crippen LogP contribution in [0.2, 0.25) is 10.0 Å². The first kappa shape index (κ1) is 13.8. The smallest absolute Gasteiger partial charge is 0.0474 e. The summed E-state index contributed by atoms with van der Waals surface area (Å²) in [5.41, 5.74) is 6.63. The van der Waals surface area contributed by atoms with E-state index >= 15 is 0 Å². The Morgan fingerprint density at radius 1 is 1.38 bits per heavy atom. The maximum atomic E-state index is 9.15. The fraction of sp³-hybridized carbons (Fsp3) is 0.500. The second-order valence-corrected chi connectivity index (χ2v) is 4.94. The van der Waals surface area contributed by atoms with Gasteiger partial charge in [0.1, 0.15) is 0 Å². The number of aliphatic hydroxyl groups excluding tert-OH is 1. The van der Waals surface area contributed by atoms with E-state index in [9.17, 15) is 0 Å². The molecule has 2 nitrogen and oxygen atoms in total. The molecule has 0 aliphatic carbocycles. The van der Waals surface area contributed by atoms with E-state index in [4.69, 9.17) is 34.0 Å². The molecule has 2 unspecified atom stereocenters. The van der Waals surface area contributed by atoms with Gasteiger partial charge in [0.25, 0.3) is 0 Å². The number of aliphatic hydroxyl groups is 1. The Hall–Kier alpha value is -0.280. The molecule has 0 aromatic heterocycles. The van der Waals surface area contributed by atoms with Gasteiger partial charge in [-0.15, -0.1) is 0 Å². The Morgan fingerprint density at radius 3 is 2.56 bits per heavy atom. The highest BCUT2D eigenvalue weighted by molar-refractivity contribution is 6.35. The molecule has 1 aromatic carbocycles. The maximum Gasteiger partial charge on any atom is 0.0474 e. The first-order valence-corrected chi connectivity index (χ1v) is 6.09. The lowest BCUT2D eigenvalue weighted by Gasteiger charge is -2.20. The van der Waals surface area contributed by atoms with E-state index in [-0.39, 0.29) is 12.5 Å². The summed E-state index contributed by atoms with van der Waals surface area (Å²) in [5, 5.41) is 10.5. The van der Waals surface area contributed by atoms with Crippen LogP contribution in [0.1, 0.15) is 12.5 Å². The predicted molar refractivity (Wildman–Crippen MR) is 69.0 cm³/mol. The molecule has 0 saturated heterocycles. The van der Waals surface area contributed by atoms with Gasteiger partial charge in [-0.3, -0.25) is 0 Å². The standard InChI is InChI=1S/C12H17Cl2NO/c1-8(10(6-15)7-16)4-9-2-3-11(13)5-12(9)14/h2-3,5,8,10,16H,4,6-7,15H2,1H3. The van der Waals surface area contributed by atoms with Gasteiger partial charge in [-0.05, 0) is 42.5 Å². The summed E-state index contributed by atoms with van der Waals surface area (Å²) in [4.78, 5) is 0. The highest BCUT2D eigenvalue weighted by Gasteiger charge is 2.16. The molecule has 0 aliphatic heterocycles. The zero-order valence-electron chi connectivity index (χ0n) is 9.29. The Labute approximate surface area is 106 Å². The van der Waals surface area contributed by atoms with Crippen LogP contribution < -0.4 is 5.73 Å². The molecule has 16 heavy (non-hydrogen) atoms. The molecular weight excluding hydrogens is 245 g/mol. The molecule has 3 N–H and O–H groups in total. The Bertz CT molecular complexity index is 340. The maximum absolute atomic E-state index is 9.15. The molecule has 1 aromatic rings. The summed E-state index contributed by atoms with van der Waals surface area (Å²) < 4.78 is 0. The van der Waals surface area contributed by atoms with Crippen LogP contribution in [0.25, 0.3) is 0 Å². The van der Waals surface area contributed by atoms with Crippen LogP contribution in [-0.2, 0) is 6.42 Å². The Kier molecular flexibility index (Phi) is 5.56. The van der Waals surface area contributed by atoms with Crippen molar-refractivity contribution >= 4 is 23.2 Å². The zero-order valence-corrected chi connectivity index (χ0v) is 10.8. The van der Waals surface area contributed by atoms with Crippen molar-refractivity contribution in [2.24, 2.45) is 17.6 Å². The summed E-state index contributed by atoms with van der Waals surface area (Å²) >= 11 is 11.9. The summed E-state index contributed by atoms with van der Waals surface area (Å²) in [6.07, 6.45) is 0.804. The van der Waals surface area contributed by atoms with Gasteiger partial charge in [0.15, 0.2) is 0 Å². The van der Waals surface area contributed by atoms with Gasteiger partial charge in [-0.1, -0.05) is 36.2 Å². The number of nitrogens with two attached hydrogens (primary N) is 1. The lowest BCUT2D eigenvalue weighted by molar-refractivity contribution is 0.187. The van der Waals surface area contributed by atoms with Crippen molar-refractivity contribution in [3.63, 3.8) is 0 Å². The first-order chi connectivity index (χ1) is 7.58. The fourth-order valence-corrected chi connectivity index (χ4v) is 2.17. The van der Waals surface area contributed by atoms with Crippen molar-refractivity contribution in [3.8, 4) is 0 Å². The van der Waals surface area contributed by atoms with Crippen molar-refractivity contribution in [2.45, 2.75) is 13.3 Å². The Morgan fingerprint density at radius 2 is 2.06 bits per heavy atom. The lowest BCUT2D eigenvalue weighted by atomic mass is 9.89. The molecule has 0 heterocycles. The molecule has 0 radical (unpaired) electrons. The van der Waals surface area contributed by atoms with Crippen molar-refractivity contribution in [3.05, 3.63) is 33.8 Å². The SMILES string of the molecule is CC(Cc1ccc(Cl)cc1Cl)C(CN)CO. The van der Waals surface area contributed by atoms with Gasteiger partial charge in [-0.25, -0.2) is 0 Å². The normalized spacial score (nSPS) is 14.8. The molecule has 2 atom stereocenters. The van der Waals surface area contributed by atoms with Gasteiger partial charge in [-0.2, -0.15) is 0 Å². The van der Waals surface area contributed by atoms with E-state index < -0.39 is 0 Å². The van der Waals surface area contributed by atoms with E-state index in [2.05, 4.69) is 6.92 Å². The monoisotopic (exact) mass is 261 g/mol. The van der Waals surface area contributed by atoms with E-state index in [1.807, 2.05) is 12.1 Å². The number of benzene rings is 1. The third kappa shape index (κ3) is 3.63. The number of halogens is 2. The molecule has 0 fully saturated rings. The van der Waals surface area contributed by atoms with E-state index in [0.717, 1.165) is 12.0 Å². The predicted octanol–water partition coefficient (Wildman–Crippen LogP) is 2.74. The molecule has 0 amide bonds. The number of hydrogen-bond acceptors (Lipinski definition) is 2. The molecule has 0 saturated carbocycles. The highest BCUT2D eigenvalue weighted by Crippen LogP contribution is 2.25. The molecule has 90 valence electrons. The minimum atomic E-state index is 0.114. The number of rotatable bonds is 5. The van der Waals surface area contributed by atoms with Crippen molar-refractivity contribution < 1.29 is 5.11 Å². The number of hydrogen-bond donors (Lipinski definition) is 2. The third-order valence-corrected chi connectivity index (χ3v) is 3.49. The second kappa shape index (κ2) is 6.45. The largest absolute Gasteiger partial charge is 0.396 e. The van der Waals surface area contributed by atoms with Gasteiger partial charge < -0.3 is 10.8 Å². The average Bonchev–Trinajstić information content (AvgIpc) is 2.24. The van der Waals surface area contributed by atoms with Crippen LogP contribution in [0, 0.1) is 11.8 Å². The van der Waals surface area contributed by atoms with Gasteiger partial charge in [0.2, 0.25) is 0 Å². The molecule has 1 rings (SSSR count). The van der Waals surface area contributed by atoms with Crippen molar-refractivity contribution in [1.82, 2.24) is 0 Å². The van der Waals surface area contributed by atoms with Crippen LogP contribution in [-0.4, -0.2) is 18.3 Å². The summed E-state index contributed by atoms with van der Waals surface area (Å²) in [7, 11) is 0. The summed E-state index contributed by atoms with van der Waals surface area (Å²) in [6.45, 7) is 2.67. The van der Waals surface area contributed by atoms with Crippen LogP contribution >= 0.6 is 23.2 Å². The summed E-state index contributed by atoms with van der Waals surface area (Å²) in [6, 6.07) is 5.49. The third-order valence-electron chi connectivity index (χ3n) is 2.90. The average molecular weight is 262 g/mol. The van der Waals surface area contributed by atoms with E-state index in [1.165, 1.54) is 0 Å². The van der Waals surface area contributed by atoms with E-state index in [0.29, 0.717) is 22.5 Å². The van der Waals surface area contributed by atoms with E-state index in [1.54, 1.807) is 6.07 Å². The van der Waals surface area contributed by atoms with Crippen LogP contribution in [0.5, 0.6) is 0 Å². The van der Waals surface area contributed by atoms with Crippen LogP contribution in [0.15, 0.2) is 18.2 Å². The Balaban J connectivity index is 2.72. The van der Waals surface area contributed by atoms with Crippen LogP contribution in [0.4, 0.5) is 0 Å². The molecule has 0 spiro atoms. The minimum Gasteiger partial charge on any atom is -0.396 e. The quantitative estimate of drug-likeness (QED) is 0.857. The summed E-state index contributed by atoms with van der Waals surface area (Å²) in [5.74, 6) is 0.417.